The Morgan fingerprint density at radius 1 is 1.53 bits per heavy atom. The maximum absolute atomic E-state index is 10.9. The maximum atomic E-state index is 10.9. The van der Waals surface area contributed by atoms with Crippen LogP contribution < -0.4 is 0 Å². The minimum atomic E-state index is -0.758. The van der Waals surface area contributed by atoms with Crippen molar-refractivity contribution in [3.63, 3.8) is 0 Å². The summed E-state index contributed by atoms with van der Waals surface area (Å²) in [7, 11) is 0. The monoisotopic (exact) mass is 265 g/mol. The standard InChI is InChI=1S/C14H23N3O2/c1-3-12(4-2)17-8-7-11(15-17)9-16(10-14(18)19)13-5-6-13/h7-8,12-13H,3-6,9-10H2,1-2H3,(H,18,19). The van der Waals surface area contributed by atoms with E-state index in [-0.39, 0.29) is 6.54 Å². The third-order valence-corrected chi connectivity index (χ3v) is 3.75. The van der Waals surface area contributed by atoms with E-state index in [2.05, 4.69) is 18.9 Å². The first-order valence-electron chi connectivity index (χ1n) is 7.13. The fourth-order valence-corrected chi connectivity index (χ4v) is 2.46. The molecule has 5 heteroatoms. The van der Waals surface area contributed by atoms with Crippen LogP contribution in [-0.4, -0.2) is 38.3 Å². The lowest BCUT2D eigenvalue weighted by Gasteiger charge is -2.18. The van der Waals surface area contributed by atoms with Crippen molar-refractivity contribution in [2.45, 2.75) is 58.2 Å². The highest BCUT2D eigenvalue weighted by molar-refractivity contribution is 5.69. The van der Waals surface area contributed by atoms with E-state index in [4.69, 9.17) is 5.11 Å². The largest absolute Gasteiger partial charge is 0.480 e. The Balaban J connectivity index is 1.99. The number of nitrogens with zero attached hydrogens (tertiary/aromatic N) is 3. The molecule has 1 aliphatic rings. The first-order chi connectivity index (χ1) is 9.13. The van der Waals surface area contributed by atoms with E-state index in [1.165, 1.54) is 0 Å². The molecule has 2 rings (SSSR count). The predicted molar refractivity (Wildman–Crippen MR) is 72.9 cm³/mol. The Bertz CT molecular complexity index is 422. The van der Waals surface area contributed by atoms with Gasteiger partial charge in [0, 0.05) is 18.8 Å². The number of hydrogen-bond donors (Lipinski definition) is 1. The molecule has 106 valence electrons. The molecule has 19 heavy (non-hydrogen) atoms. The summed E-state index contributed by atoms with van der Waals surface area (Å²) in [5, 5.41) is 13.5. The molecule has 1 N–H and O–H groups in total. The Kier molecular flexibility index (Phi) is 4.58. The maximum Gasteiger partial charge on any atom is 0.317 e. The Morgan fingerprint density at radius 2 is 2.21 bits per heavy atom. The molecule has 0 amide bonds. The van der Waals surface area contributed by atoms with Crippen molar-refractivity contribution in [2.24, 2.45) is 0 Å². The van der Waals surface area contributed by atoms with Crippen LogP contribution in [0.5, 0.6) is 0 Å². The number of carbonyl (C=O) groups is 1. The lowest BCUT2D eigenvalue weighted by molar-refractivity contribution is -0.138. The van der Waals surface area contributed by atoms with E-state index in [1.54, 1.807) is 0 Å². The summed E-state index contributed by atoms with van der Waals surface area (Å²) >= 11 is 0. The predicted octanol–water partition coefficient (Wildman–Crippen LogP) is 2.29. The zero-order valence-corrected chi connectivity index (χ0v) is 11.7. The minimum absolute atomic E-state index is 0.114. The molecular weight excluding hydrogens is 242 g/mol. The van der Waals surface area contributed by atoms with Gasteiger partial charge in [-0.1, -0.05) is 13.8 Å². The zero-order chi connectivity index (χ0) is 13.8. The molecule has 1 aliphatic carbocycles. The van der Waals surface area contributed by atoms with Crippen LogP contribution in [0.3, 0.4) is 0 Å². The molecule has 0 radical (unpaired) electrons. The molecule has 1 aromatic rings. The molecule has 1 aromatic heterocycles. The van der Waals surface area contributed by atoms with E-state index < -0.39 is 5.97 Å². The summed E-state index contributed by atoms with van der Waals surface area (Å²) in [5.74, 6) is -0.758. The molecule has 0 spiro atoms. The van der Waals surface area contributed by atoms with Gasteiger partial charge in [-0.2, -0.15) is 5.10 Å². The third kappa shape index (κ3) is 3.80. The molecule has 0 aliphatic heterocycles. The van der Waals surface area contributed by atoms with Gasteiger partial charge in [0.05, 0.1) is 18.3 Å². The Labute approximate surface area is 114 Å². The molecule has 0 bridgehead atoms. The molecule has 0 unspecified atom stereocenters. The highest BCUT2D eigenvalue weighted by Crippen LogP contribution is 2.28. The van der Waals surface area contributed by atoms with Crippen LogP contribution in [0.25, 0.3) is 0 Å². The van der Waals surface area contributed by atoms with Crippen molar-refractivity contribution in [1.82, 2.24) is 14.7 Å². The van der Waals surface area contributed by atoms with Crippen molar-refractivity contribution >= 4 is 5.97 Å². The second-order valence-electron chi connectivity index (χ2n) is 5.29. The van der Waals surface area contributed by atoms with Crippen LogP contribution in [0.15, 0.2) is 12.3 Å². The molecule has 1 fully saturated rings. The van der Waals surface area contributed by atoms with Gasteiger partial charge in [-0.05, 0) is 31.7 Å². The summed E-state index contributed by atoms with van der Waals surface area (Å²) in [4.78, 5) is 12.9. The quantitative estimate of drug-likeness (QED) is 0.783. The number of rotatable bonds is 8. The first kappa shape index (κ1) is 14.1. The average molecular weight is 265 g/mol. The zero-order valence-electron chi connectivity index (χ0n) is 11.7. The van der Waals surface area contributed by atoms with Crippen molar-refractivity contribution in [2.75, 3.05) is 6.54 Å². The number of aromatic nitrogens is 2. The van der Waals surface area contributed by atoms with E-state index >= 15 is 0 Å². The van der Waals surface area contributed by atoms with Gasteiger partial charge in [0.25, 0.3) is 0 Å². The molecule has 5 nitrogen and oxygen atoms in total. The van der Waals surface area contributed by atoms with E-state index in [0.29, 0.717) is 18.6 Å². The fourth-order valence-electron chi connectivity index (χ4n) is 2.46. The van der Waals surface area contributed by atoms with Crippen LogP contribution >= 0.6 is 0 Å². The summed E-state index contributed by atoms with van der Waals surface area (Å²) < 4.78 is 2.02. The minimum Gasteiger partial charge on any atom is -0.480 e. The van der Waals surface area contributed by atoms with E-state index in [9.17, 15) is 4.79 Å². The summed E-state index contributed by atoms with van der Waals surface area (Å²) in [6.45, 7) is 5.08. The molecular formula is C14H23N3O2. The second kappa shape index (κ2) is 6.19. The van der Waals surface area contributed by atoms with Gasteiger partial charge in [0.15, 0.2) is 0 Å². The summed E-state index contributed by atoms with van der Waals surface area (Å²) in [6.07, 6.45) is 6.37. The van der Waals surface area contributed by atoms with Crippen LogP contribution in [0, 0.1) is 0 Å². The van der Waals surface area contributed by atoms with Gasteiger partial charge >= 0.3 is 5.97 Å². The number of hydrogen-bond acceptors (Lipinski definition) is 3. The average Bonchev–Trinajstić information content (AvgIpc) is 3.12. The highest BCUT2D eigenvalue weighted by Gasteiger charge is 2.30. The van der Waals surface area contributed by atoms with E-state index in [1.807, 2.05) is 21.8 Å². The number of aliphatic carboxylic acids is 1. The van der Waals surface area contributed by atoms with Gasteiger partial charge in [-0.25, -0.2) is 0 Å². The van der Waals surface area contributed by atoms with Gasteiger partial charge in [-0.15, -0.1) is 0 Å². The molecule has 0 atom stereocenters. The summed E-state index contributed by atoms with van der Waals surface area (Å²) in [5.41, 5.74) is 0.972. The Hall–Kier alpha value is -1.36. The van der Waals surface area contributed by atoms with E-state index in [0.717, 1.165) is 31.4 Å². The van der Waals surface area contributed by atoms with Crippen LogP contribution in [0.1, 0.15) is 51.3 Å². The number of carboxylic acids is 1. The Morgan fingerprint density at radius 3 is 2.74 bits per heavy atom. The molecule has 0 saturated heterocycles. The number of carboxylic acid groups (broad SMARTS) is 1. The highest BCUT2D eigenvalue weighted by atomic mass is 16.4. The summed E-state index contributed by atoms with van der Waals surface area (Å²) in [6, 6.07) is 2.90. The fraction of sp³-hybridized carbons (Fsp3) is 0.714. The lowest BCUT2D eigenvalue weighted by Crippen LogP contribution is -2.31. The van der Waals surface area contributed by atoms with Crippen molar-refractivity contribution in [3.05, 3.63) is 18.0 Å². The van der Waals surface area contributed by atoms with Crippen LogP contribution in [0.2, 0.25) is 0 Å². The first-order valence-corrected chi connectivity index (χ1v) is 7.13. The molecule has 1 saturated carbocycles. The third-order valence-electron chi connectivity index (χ3n) is 3.75. The van der Waals surface area contributed by atoms with Crippen molar-refractivity contribution < 1.29 is 9.90 Å². The van der Waals surface area contributed by atoms with Crippen molar-refractivity contribution in [3.8, 4) is 0 Å². The topological polar surface area (TPSA) is 58.4 Å². The van der Waals surface area contributed by atoms with Gasteiger partial charge in [0.1, 0.15) is 0 Å². The van der Waals surface area contributed by atoms with Crippen LogP contribution in [-0.2, 0) is 11.3 Å². The second-order valence-corrected chi connectivity index (χ2v) is 5.29. The van der Waals surface area contributed by atoms with Gasteiger partial charge < -0.3 is 5.11 Å². The lowest BCUT2D eigenvalue weighted by atomic mass is 10.2. The van der Waals surface area contributed by atoms with Gasteiger partial charge in [-0.3, -0.25) is 14.4 Å². The van der Waals surface area contributed by atoms with Crippen molar-refractivity contribution in [1.29, 1.82) is 0 Å². The van der Waals surface area contributed by atoms with Gasteiger partial charge in [0.2, 0.25) is 0 Å². The molecule has 0 aromatic carbocycles. The SMILES string of the molecule is CCC(CC)n1ccc(CN(CC(=O)O)C2CC2)n1. The molecule has 1 heterocycles. The van der Waals surface area contributed by atoms with Crippen LogP contribution in [0.4, 0.5) is 0 Å². The normalized spacial score (nSPS) is 15.4. The smallest absolute Gasteiger partial charge is 0.317 e.